The number of rotatable bonds is 3. The summed E-state index contributed by atoms with van der Waals surface area (Å²) in [5.41, 5.74) is 2.28. The van der Waals surface area contributed by atoms with Gasteiger partial charge in [0, 0.05) is 18.9 Å². The Kier molecular flexibility index (Phi) is 4.02. The van der Waals surface area contributed by atoms with Crippen molar-refractivity contribution < 1.29 is 0 Å². The van der Waals surface area contributed by atoms with Gasteiger partial charge in [0.25, 0.3) is 0 Å². The number of aromatic nitrogens is 3. The molecule has 20 heavy (non-hydrogen) atoms. The molecule has 0 spiro atoms. The lowest BCUT2D eigenvalue weighted by Crippen LogP contribution is -2.33. The van der Waals surface area contributed by atoms with Gasteiger partial charge in [0.1, 0.15) is 5.82 Å². The van der Waals surface area contributed by atoms with Crippen LogP contribution in [0.3, 0.4) is 0 Å². The number of nitrogens with zero attached hydrogens (tertiary/aromatic N) is 4. The highest BCUT2D eigenvalue weighted by Crippen LogP contribution is 2.30. The highest BCUT2D eigenvalue weighted by Gasteiger charge is 2.25. The van der Waals surface area contributed by atoms with E-state index in [9.17, 15) is 0 Å². The molecule has 0 bridgehead atoms. The molecule has 0 saturated carbocycles. The van der Waals surface area contributed by atoms with Gasteiger partial charge in [-0.15, -0.1) is 0 Å². The third-order valence-electron chi connectivity index (χ3n) is 3.84. The van der Waals surface area contributed by atoms with Gasteiger partial charge in [-0.25, -0.2) is 9.97 Å². The summed E-state index contributed by atoms with van der Waals surface area (Å²) in [6, 6.07) is 8.55. The van der Waals surface area contributed by atoms with Crippen molar-refractivity contribution in [3.8, 4) is 0 Å². The van der Waals surface area contributed by atoms with Crippen LogP contribution < -0.4 is 0 Å². The molecule has 1 saturated heterocycles. The van der Waals surface area contributed by atoms with Gasteiger partial charge in [-0.3, -0.25) is 9.88 Å². The van der Waals surface area contributed by atoms with E-state index in [0.29, 0.717) is 6.04 Å². The van der Waals surface area contributed by atoms with E-state index < -0.39 is 0 Å². The van der Waals surface area contributed by atoms with Gasteiger partial charge >= 0.3 is 0 Å². The topological polar surface area (TPSA) is 41.9 Å². The fourth-order valence-corrected chi connectivity index (χ4v) is 2.87. The fraction of sp³-hybridized carbons (Fsp3) is 0.438. The maximum absolute atomic E-state index is 4.62. The molecule has 0 unspecified atom stereocenters. The van der Waals surface area contributed by atoms with Crippen LogP contribution in [0, 0.1) is 6.92 Å². The SMILES string of the molecule is Cc1nccc([C@H]2CCCCN2Cc2ccccn2)n1. The minimum Gasteiger partial charge on any atom is -0.289 e. The van der Waals surface area contributed by atoms with Crippen LogP contribution in [-0.2, 0) is 6.54 Å². The molecule has 4 nitrogen and oxygen atoms in total. The van der Waals surface area contributed by atoms with Gasteiger partial charge in [0.15, 0.2) is 0 Å². The average molecular weight is 268 g/mol. The Morgan fingerprint density at radius 1 is 1.15 bits per heavy atom. The number of aryl methyl sites for hydroxylation is 1. The smallest absolute Gasteiger partial charge is 0.125 e. The Hall–Kier alpha value is -1.81. The second kappa shape index (κ2) is 6.09. The van der Waals surface area contributed by atoms with Crippen molar-refractivity contribution in [3.05, 3.63) is 53.9 Å². The summed E-state index contributed by atoms with van der Waals surface area (Å²) in [4.78, 5) is 15.8. The van der Waals surface area contributed by atoms with Gasteiger partial charge in [0.2, 0.25) is 0 Å². The predicted molar refractivity (Wildman–Crippen MR) is 78.0 cm³/mol. The van der Waals surface area contributed by atoms with Crippen molar-refractivity contribution in [1.29, 1.82) is 0 Å². The molecule has 0 aliphatic carbocycles. The summed E-state index contributed by atoms with van der Waals surface area (Å²) < 4.78 is 0. The van der Waals surface area contributed by atoms with Crippen molar-refractivity contribution in [3.63, 3.8) is 0 Å². The van der Waals surface area contributed by atoms with E-state index in [4.69, 9.17) is 0 Å². The number of hydrogen-bond acceptors (Lipinski definition) is 4. The van der Waals surface area contributed by atoms with Gasteiger partial charge in [-0.2, -0.15) is 0 Å². The third-order valence-corrected chi connectivity index (χ3v) is 3.84. The summed E-state index contributed by atoms with van der Waals surface area (Å²) in [6.45, 7) is 3.97. The molecule has 1 aliphatic rings. The zero-order valence-corrected chi connectivity index (χ0v) is 11.9. The lowest BCUT2D eigenvalue weighted by atomic mass is 9.98. The predicted octanol–water partition coefficient (Wildman–Crippen LogP) is 2.91. The molecule has 3 rings (SSSR count). The highest BCUT2D eigenvalue weighted by molar-refractivity contribution is 5.10. The first kappa shape index (κ1) is 13.2. The van der Waals surface area contributed by atoms with E-state index >= 15 is 0 Å². The van der Waals surface area contributed by atoms with E-state index in [1.807, 2.05) is 25.4 Å². The molecule has 4 heteroatoms. The van der Waals surface area contributed by atoms with Crippen LogP contribution in [0.5, 0.6) is 0 Å². The number of hydrogen-bond donors (Lipinski definition) is 0. The molecular weight excluding hydrogens is 248 g/mol. The maximum Gasteiger partial charge on any atom is 0.125 e. The number of piperidine rings is 1. The maximum atomic E-state index is 4.62. The Morgan fingerprint density at radius 3 is 2.90 bits per heavy atom. The van der Waals surface area contributed by atoms with Gasteiger partial charge in [-0.05, 0) is 44.5 Å². The van der Waals surface area contributed by atoms with Crippen LogP contribution in [0.15, 0.2) is 36.7 Å². The van der Waals surface area contributed by atoms with Crippen molar-refractivity contribution >= 4 is 0 Å². The lowest BCUT2D eigenvalue weighted by molar-refractivity contribution is 0.135. The molecule has 0 radical (unpaired) electrons. The van der Waals surface area contributed by atoms with Crippen molar-refractivity contribution in [2.24, 2.45) is 0 Å². The highest BCUT2D eigenvalue weighted by atomic mass is 15.2. The largest absolute Gasteiger partial charge is 0.289 e. The number of likely N-dealkylation sites (tertiary alicyclic amines) is 1. The third kappa shape index (κ3) is 3.02. The average Bonchev–Trinajstić information content (AvgIpc) is 2.49. The molecular formula is C16H20N4. The molecule has 0 N–H and O–H groups in total. The summed E-state index contributed by atoms with van der Waals surface area (Å²) in [6.07, 6.45) is 7.43. The zero-order valence-electron chi connectivity index (χ0n) is 11.9. The van der Waals surface area contributed by atoms with Crippen LogP contribution in [0.1, 0.15) is 42.5 Å². The first-order valence-corrected chi connectivity index (χ1v) is 7.26. The second-order valence-corrected chi connectivity index (χ2v) is 5.33. The second-order valence-electron chi connectivity index (χ2n) is 5.33. The molecule has 1 aliphatic heterocycles. The molecule has 1 atom stereocenters. The lowest BCUT2D eigenvalue weighted by Gasteiger charge is -2.35. The van der Waals surface area contributed by atoms with Crippen LogP contribution in [-0.4, -0.2) is 26.4 Å². The van der Waals surface area contributed by atoms with E-state index in [0.717, 1.165) is 30.3 Å². The minimum absolute atomic E-state index is 0.396. The minimum atomic E-state index is 0.396. The van der Waals surface area contributed by atoms with Crippen LogP contribution >= 0.6 is 0 Å². The Balaban J connectivity index is 1.80. The normalized spacial score (nSPS) is 19.9. The first-order chi connectivity index (χ1) is 9.83. The molecule has 0 amide bonds. The molecule has 0 aromatic carbocycles. The van der Waals surface area contributed by atoms with E-state index in [-0.39, 0.29) is 0 Å². The molecule has 2 aromatic heterocycles. The zero-order chi connectivity index (χ0) is 13.8. The number of pyridine rings is 1. The van der Waals surface area contributed by atoms with Crippen molar-refractivity contribution in [2.45, 2.75) is 38.8 Å². The van der Waals surface area contributed by atoms with E-state index in [1.54, 1.807) is 0 Å². The van der Waals surface area contributed by atoms with Crippen LogP contribution in [0.25, 0.3) is 0 Å². The quantitative estimate of drug-likeness (QED) is 0.858. The summed E-state index contributed by atoms with van der Waals surface area (Å²) in [5, 5.41) is 0. The standard InChI is InChI=1S/C16H20N4/c1-13-17-10-8-15(19-13)16-7-3-5-11-20(16)12-14-6-2-4-9-18-14/h2,4,6,8-10,16H,3,5,7,11-12H2,1H3/t16-/m1/s1. The van der Waals surface area contributed by atoms with Gasteiger partial charge in [0.05, 0.1) is 17.4 Å². The van der Waals surface area contributed by atoms with Crippen molar-refractivity contribution in [1.82, 2.24) is 19.9 Å². The van der Waals surface area contributed by atoms with Gasteiger partial charge in [-0.1, -0.05) is 12.5 Å². The first-order valence-electron chi connectivity index (χ1n) is 7.26. The molecule has 104 valence electrons. The van der Waals surface area contributed by atoms with E-state index in [1.165, 1.54) is 19.3 Å². The van der Waals surface area contributed by atoms with Crippen LogP contribution in [0.2, 0.25) is 0 Å². The molecule has 2 aromatic rings. The summed E-state index contributed by atoms with van der Waals surface area (Å²) in [5.74, 6) is 0.853. The molecule has 3 heterocycles. The van der Waals surface area contributed by atoms with Gasteiger partial charge < -0.3 is 0 Å². The van der Waals surface area contributed by atoms with Crippen LogP contribution in [0.4, 0.5) is 0 Å². The Bertz CT molecular complexity index is 555. The van der Waals surface area contributed by atoms with Crippen molar-refractivity contribution in [2.75, 3.05) is 6.54 Å². The Labute approximate surface area is 119 Å². The monoisotopic (exact) mass is 268 g/mol. The van der Waals surface area contributed by atoms with E-state index in [2.05, 4.69) is 38.1 Å². The summed E-state index contributed by atoms with van der Waals surface area (Å²) in [7, 11) is 0. The molecule has 1 fully saturated rings. The summed E-state index contributed by atoms with van der Waals surface area (Å²) >= 11 is 0. The Morgan fingerprint density at radius 2 is 2.10 bits per heavy atom. The fourth-order valence-electron chi connectivity index (χ4n) is 2.87.